The molecule has 0 atom stereocenters. The van der Waals surface area contributed by atoms with E-state index in [9.17, 15) is 14.4 Å². The Morgan fingerprint density at radius 3 is 2.03 bits per heavy atom. The van der Waals surface area contributed by atoms with Gasteiger partial charge in [-0.15, -0.1) is 4.99 Å². The monoisotopic (exact) mass is 601 g/mol. The third-order valence-corrected chi connectivity index (χ3v) is 4.59. The maximum Gasteiger partial charge on any atom is 0.437 e. The molecule has 0 aliphatic rings. The van der Waals surface area contributed by atoms with Gasteiger partial charge in [0.05, 0.1) is 17.6 Å². The number of aliphatic hydroxyl groups excluding tert-OH is 1. The zero-order valence-electron chi connectivity index (χ0n) is 23.6. The molecule has 0 aliphatic carbocycles. The number of halogens is 1. The zero-order valence-corrected chi connectivity index (χ0v) is 25.2. The van der Waals surface area contributed by atoms with Gasteiger partial charge in [-0.3, -0.25) is 5.32 Å². The lowest BCUT2D eigenvalue weighted by Gasteiger charge is -2.29. The van der Waals surface area contributed by atoms with Crippen LogP contribution in [-0.4, -0.2) is 64.3 Å². The molecule has 38 heavy (non-hydrogen) atoms. The lowest BCUT2D eigenvalue weighted by atomic mass is 10.2. The summed E-state index contributed by atoms with van der Waals surface area (Å²) in [6.07, 6.45) is -2.34. The van der Waals surface area contributed by atoms with E-state index in [1.807, 2.05) is 0 Å². The van der Waals surface area contributed by atoms with Crippen molar-refractivity contribution in [1.29, 1.82) is 0 Å². The topological polar surface area (TPSA) is 136 Å². The van der Waals surface area contributed by atoms with Gasteiger partial charge in [-0.1, -0.05) is 6.07 Å². The molecule has 0 aromatic heterocycles. The molecule has 0 spiro atoms. The third kappa shape index (κ3) is 13.6. The van der Waals surface area contributed by atoms with E-state index in [2.05, 4.69) is 26.2 Å². The Morgan fingerprint density at radius 1 is 0.947 bits per heavy atom. The molecule has 12 heteroatoms. The fraction of sp³-hybridized carbons (Fsp3) is 0.615. The van der Waals surface area contributed by atoms with Crippen LogP contribution in [0.1, 0.15) is 74.3 Å². The average molecular weight is 603 g/mol. The highest BCUT2D eigenvalue weighted by Gasteiger charge is 2.30. The predicted octanol–water partition coefficient (Wildman–Crippen LogP) is 5.76. The summed E-state index contributed by atoms with van der Waals surface area (Å²) >= 11 is 3.44. The number of amides is 3. The first kappa shape index (κ1) is 33.2. The fourth-order valence-electron chi connectivity index (χ4n) is 2.65. The number of carbonyl (C=O) groups excluding carboxylic acids is 3. The van der Waals surface area contributed by atoms with Crippen LogP contribution >= 0.6 is 15.9 Å². The van der Waals surface area contributed by atoms with Gasteiger partial charge in [-0.2, -0.15) is 0 Å². The number of nitrogens with one attached hydrogen (secondary N) is 1. The van der Waals surface area contributed by atoms with Crippen molar-refractivity contribution < 1.29 is 38.4 Å². The quantitative estimate of drug-likeness (QED) is 0.182. The number of carbonyl (C=O) groups is 3. The molecular weight excluding hydrogens is 562 g/mol. The summed E-state index contributed by atoms with van der Waals surface area (Å²) in [5.41, 5.74) is -2.01. The minimum atomic E-state index is -1.02. The number of rotatable bonds is 6. The molecule has 1 aromatic carbocycles. The average Bonchev–Trinajstić information content (AvgIpc) is 2.69. The molecule has 11 nitrogen and oxygen atoms in total. The van der Waals surface area contributed by atoms with E-state index in [-0.39, 0.29) is 13.2 Å². The molecule has 214 valence electrons. The van der Waals surface area contributed by atoms with Gasteiger partial charge in [-0.25, -0.2) is 19.3 Å². The van der Waals surface area contributed by atoms with Crippen LogP contribution < -0.4 is 10.1 Å². The van der Waals surface area contributed by atoms with E-state index in [1.54, 1.807) is 80.5 Å². The summed E-state index contributed by atoms with van der Waals surface area (Å²) in [7, 11) is 0. The Kier molecular flexibility index (Phi) is 12.0. The predicted molar refractivity (Wildman–Crippen MR) is 146 cm³/mol. The van der Waals surface area contributed by atoms with Gasteiger partial charge in [0, 0.05) is 13.0 Å². The van der Waals surface area contributed by atoms with Crippen LogP contribution in [0.25, 0.3) is 0 Å². The molecule has 3 amide bonds. The van der Waals surface area contributed by atoms with Crippen molar-refractivity contribution in [3.05, 3.63) is 28.2 Å². The van der Waals surface area contributed by atoms with E-state index >= 15 is 0 Å². The Labute approximate surface area is 233 Å². The normalized spacial score (nSPS) is 12.4. The van der Waals surface area contributed by atoms with E-state index in [1.165, 1.54) is 0 Å². The summed E-state index contributed by atoms with van der Waals surface area (Å²) in [6, 6.07) is 5.11. The summed E-state index contributed by atoms with van der Waals surface area (Å²) in [4.78, 5) is 43.4. The van der Waals surface area contributed by atoms with Crippen LogP contribution in [0.2, 0.25) is 0 Å². The lowest BCUT2D eigenvalue weighted by molar-refractivity contribution is 0.0346. The van der Waals surface area contributed by atoms with E-state index in [4.69, 9.17) is 24.1 Å². The highest BCUT2D eigenvalue weighted by atomic mass is 79.9. The van der Waals surface area contributed by atoms with Crippen molar-refractivity contribution in [3.8, 4) is 5.75 Å². The molecule has 0 heterocycles. The maximum atomic E-state index is 13.3. The second kappa shape index (κ2) is 13.8. The Morgan fingerprint density at radius 2 is 1.53 bits per heavy atom. The number of benzene rings is 1. The summed E-state index contributed by atoms with van der Waals surface area (Å²) in [5, 5.41) is 11.4. The van der Waals surface area contributed by atoms with Gasteiger partial charge < -0.3 is 24.1 Å². The Balaban J connectivity index is 3.47. The Bertz CT molecular complexity index is 1010. The van der Waals surface area contributed by atoms with E-state index < -0.39 is 41.0 Å². The van der Waals surface area contributed by atoms with E-state index in [0.29, 0.717) is 28.8 Å². The van der Waals surface area contributed by atoms with Crippen LogP contribution in [-0.2, 0) is 20.8 Å². The summed E-state index contributed by atoms with van der Waals surface area (Å²) in [5.74, 6) is 0.114. The molecule has 0 bridgehead atoms. The third-order valence-electron chi connectivity index (χ3n) is 3.97. The van der Waals surface area contributed by atoms with Gasteiger partial charge in [0.1, 0.15) is 22.6 Å². The van der Waals surface area contributed by atoms with Crippen molar-refractivity contribution in [2.75, 3.05) is 13.2 Å². The maximum absolute atomic E-state index is 13.3. The molecule has 0 aliphatic heterocycles. The van der Waals surface area contributed by atoms with Crippen molar-refractivity contribution in [2.45, 2.75) is 92.1 Å². The molecular formula is C26H40BrN3O8. The number of ether oxygens (including phenoxy) is 4. The molecule has 1 aromatic rings. The van der Waals surface area contributed by atoms with Gasteiger partial charge >= 0.3 is 18.3 Å². The van der Waals surface area contributed by atoms with E-state index in [0.717, 1.165) is 4.90 Å². The fourth-order valence-corrected chi connectivity index (χ4v) is 3.19. The first-order valence-corrected chi connectivity index (χ1v) is 12.9. The number of aliphatic imine (C=N–C) groups is 1. The molecule has 0 saturated carbocycles. The number of aliphatic hydroxyl groups is 1. The van der Waals surface area contributed by atoms with Crippen molar-refractivity contribution >= 4 is 40.2 Å². The molecule has 0 unspecified atom stereocenters. The second-order valence-electron chi connectivity index (χ2n) is 11.3. The molecule has 0 radical (unpaired) electrons. The number of hydrogen-bond donors (Lipinski definition) is 2. The van der Waals surface area contributed by atoms with Crippen LogP contribution in [0, 0.1) is 0 Å². The number of guanidine groups is 1. The number of alkyl carbamates (subject to hydrolysis) is 1. The lowest BCUT2D eigenvalue weighted by Crippen LogP contribution is -2.50. The Hall–Kier alpha value is -2.86. The molecule has 0 fully saturated rings. The van der Waals surface area contributed by atoms with Gasteiger partial charge in [0.15, 0.2) is 0 Å². The van der Waals surface area contributed by atoms with Crippen molar-refractivity contribution in [2.24, 2.45) is 4.99 Å². The standard InChI is InChI=1S/C26H40BrN3O8/c1-24(2,3)36-21(32)28-20(29-22(33)37-25(4,5)6)30(23(34)38-26(7,8)9)16-17-11-12-19(18(27)15-17)35-14-10-13-31/h11-12,15,31H,10,13-14,16H2,1-9H3,(H,28,29,32,33). The minimum Gasteiger partial charge on any atom is -0.492 e. The van der Waals surface area contributed by atoms with Gasteiger partial charge in [0.25, 0.3) is 0 Å². The second-order valence-corrected chi connectivity index (χ2v) is 12.2. The van der Waals surface area contributed by atoms with Gasteiger partial charge in [-0.05, 0) is 95.9 Å². The molecule has 0 saturated heterocycles. The summed E-state index contributed by atoms with van der Waals surface area (Å²) in [6.45, 7) is 15.2. The largest absolute Gasteiger partial charge is 0.492 e. The number of nitrogens with zero attached hydrogens (tertiary/aromatic N) is 2. The van der Waals surface area contributed by atoms with Crippen LogP contribution in [0.15, 0.2) is 27.7 Å². The van der Waals surface area contributed by atoms with Crippen LogP contribution in [0.5, 0.6) is 5.75 Å². The molecule has 1 rings (SSSR count). The molecule has 2 N–H and O–H groups in total. The summed E-state index contributed by atoms with van der Waals surface area (Å²) < 4.78 is 22.3. The SMILES string of the molecule is CC(C)(C)OC(=O)/N=C(/NC(=O)OC(C)(C)C)N(Cc1ccc(OCCCO)c(Br)c1)C(=O)OC(C)(C)C. The highest BCUT2D eigenvalue weighted by Crippen LogP contribution is 2.27. The first-order valence-electron chi connectivity index (χ1n) is 12.1. The minimum absolute atomic E-state index is 0.00492. The van der Waals surface area contributed by atoms with Crippen LogP contribution in [0.3, 0.4) is 0 Å². The van der Waals surface area contributed by atoms with Crippen molar-refractivity contribution in [1.82, 2.24) is 10.2 Å². The van der Waals surface area contributed by atoms with Crippen molar-refractivity contribution in [3.63, 3.8) is 0 Å². The van der Waals surface area contributed by atoms with Gasteiger partial charge in [0.2, 0.25) is 5.96 Å². The van der Waals surface area contributed by atoms with Crippen LogP contribution in [0.4, 0.5) is 14.4 Å². The number of hydrogen-bond acceptors (Lipinski definition) is 8. The highest BCUT2D eigenvalue weighted by molar-refractivity contribution is 9.10. The smallest absolute Gasteiger partial charge is 0.437 e. The first-order chi connectivity index (χ1) is 17.3. The zero-order chi connectivity index (χ0) is 29.3.